The van der Waals surface area contributed by atoms with Crippen molar-refractivity contribution in [3.8, 4) is 11.5 Å². The maximum absolute atomic E-state index is 12.6. The molecule has 5 heteroatoms. The first kappa shape index (κ1) is 23.3. The molecule has 0 aliphatic heterocycles. The van der Waals surface area contributed by atoms with Gasteiger partial charge in [-0.15, -0.1) is 11.3 Å². The molecular formula is C29H27NO3S. The molecule has 172 valence electrons. The lowest BCUT2D eigenvalue weighted by Crippen LogP contribution is -2.09. The molecule has 4 rings (SSSR count). The minimum absolute atomic E-state index is 0.0315. The average molecular weight is 470 g/mol. The molecular weight excluding hydrogens is 442 g/mol. The van der Waals surface area contributed by atoms with Crippen LogP contribution in [0.3, 0.4) is 0 Å². The van der Waals surface area contributed by atoms with Crippen molar-refractivity contribution < 1.29 is 14.3 Å². The number of hydrogen-bond acceptors (Lipinski definition) is 5. The van der Waals surface area contributed by atoms with E-state index in [9.17, 15) is 4.79 Å². The van der Waals surface area contributed by atoms with Crippen molar-refractivity contribution >= 4 is 40.3 Å². The summed E-state index contributed by atoms with van der Waals surface area (Å²) in [5.74, 6) is 1.64. The largest absolute Gasteiger partial charge is 0.497 e. The van der Waals surface area contributed by atoms with E-state index in [0.29, 0.717) is 0 Å². The first-order valence-corrected chi connectivity index (χ1v) is 11.8. The number of rotatable bonds is 8. The van der Waals surface area contributed by atoms with Gasteiger partial charge in [-0.1, -0.05) is 18.2 Å². The van der Waals surface area contributed by atoms with Gasteiger partial charge in [-0.25, -0.2) is 0 Å². The summed E-state index contributed by atoms with van der Waals surface area (Å²) in [5.41, 5.74) is 4.76. The number of carbonyl (C=O) groups excluding carboxylic acids is 1. The molecule has 4 nitrogen and oxygen atoms in total. The van der Waals surface area contributed by atoms with Crippen molar-refractivity contribution in [1.82, 2.24) is 0 Å². The Morgan fingerprint density at radius 1 is 0.765 bits per heavy atom. The molecule has 0 radical (unpaired) electrons. The summed E-state index contributed by atoms with van der Waals surface area (Å²) in [5, 5.41) is 0. The molecule has 0 spiro atoms. The predicted octanol–water partition coefficient (Wildman–Crippen LogP) is 7.75. The van der Waals surface area contributed by atoms with Crippen molar-refractivity contribution in [2.24, 2.45) is 0 Å². The third-order valence-corrected chi connectivity index (χ3v) is 6.51. The van der Waals surface area contributed by atoms with Crippen molar-refractivity contribution in [1.29, 1.82) is 0 Å². The fourth-order valence-corrected chi connectivity index (χ4v) is 4.71. The van der Waals surface area contributed by atoms with Crippen molar-refractivity contribution in [2.45, 2.75) is 13.8 Å². The third-order valence-electron chi connectivity index (χ3n) is 5.55. The zero-order chi connectivity index (χ0) is 24.1. The first-order valence-electron chi connectivity index (χ1n) is 11.0. The highest BCUT2D eigenvalue weighted by Crippen LogP contribution is 2.36. The second-order valence-corrected chi connectivity index (χ2v) is 9.31. The summed E-state index contributed by atoms with van der Waals surface area (Å²) >= 11 is 1.65. The highest BCUT2D eigenvalue weighted by molar-refractivity contribution is 7.12. The van der Waals surface area contributed by atoms with Gasteiger partial charge in [0.25, 0.3) is 0 Å². The van der Waals surface area contributed by atoms with Gasteiger partial charge in [0.15, 0.2) is 5.78 Å². The monoisotopic (exact) mass is 469 g/mol. The molecule has 4 aromatic rings. The van der Waals surface area contributed by atoms with E-state index in [4.69, 9.17) is 9.47 Å². The molecule has 0 N–H and O–H groups in total. The van der Waals surface area contributed by atoms with Crippen LogP contribution in [0.1, 0.15) is 25.7 Å². The van der Waals surface area contributed by atoms with E-state index >= 15 is 0 Å². The lowest BCUT2D eigenvalue weighted by Gasteiger charge is -2.26. The van der Waals surface area contributed by atoms with Crippen LogP contribution in [-0.2, 0) is 0 Å². The van der Waals surface area contributed by atoms with Crippen LogP contribution in [0, 0.1) is 13.8 Å². The van der Waals surface area contributed by atoms with Crippen LogP contribution in [0.15, 0.2) is 84.9 Å². The van der Waals surface area contributed by atoms with Crippen molar-refractivity contribution in [3.05, 3.63) is 106 Å². The normalized spacial score (nSPS) is 10.9. The molecule has 1 heterocycles. The van der Waals surface area contributed by atoms with Crippen LogP contribution in [-0.4, -0.2) is 20.0 Å². The topological polar surface area (TPSA) is 38.8 Å². The first-order chi connectivity index (χ1) is 16.5. The summed E-state index contributed by atoms with van der Waals surface area (Å²) in [6.07, 6.45) is 3.51. The van der Waals surface area contributed by atoms with Gasteiger partial charge in [0.05, 0.1) is 14.2 Å². The molecule has 0 unspecified atom stereocenters. The molecule has 0 saturated heterocycles. The Hall–Kier alpha value is -3.83. The Balaban J connectivity index is 1.62. The number of benzene rings is 3. The van der Waals surface area contributed by atoms with E-state index in [-0.39, 0.29) is 5.78 Å². The average Bonchev–Trinajstić information content (AvgIpc) is 3.22. The van der Waals surface area contributed by atoms with Gasteiger partial charge in [-0.2, -0.15) is 0 Å². The Bertz CT molecular complexity index is 1240. The summed E-state index contributed by atoms with van der Waals surface area (Å²) in [7, 11) is 3.32. The van der Waals surface area contributed by atoms with Crippen LogP contribution in [0.25, 0.3) is 6.08 Å². The SMILES string of the molecule is COc1ccc(N(c2ccc(/C=C/C(=O)c3cc(C)sc3C)cc2)c2ccc(OC)cc2)cc1. The van der Waals surface area contributed by atoms with E-state index in [1.807, 2.05) is 86.7 Å². The minimum Gasteiger partial charge on any atom is -0.497 e. The zero-order valence-corrected chi connectivity index (χ0v) is 20.6. The Morgan fingerprint density at radius 3 is 1.65 bits per heavy atom. The maximum atomic E-state index is 12.6. The summed E-state index contributed by atoms with van der Waals surface area (Å²) in [4.78, 5) is 17.0. The number of carbonyl (C=O) groups is 1. The number of anilines is 3. The summed E-state index contributed by atoms with van der Waals surface area (Å²) < 4.78 is 10.6. The second-order valence-electron chi connectivity index (χ2n) is 7.85. The number of nitrogens with zero attached hydrogens (tertiary/aromatic N) is 1. The minimum atomic E-state index is 0.0315. The van der Waals surface area contributed by atoms with Crippen LogP contribution >= 0.6 is 11.3 Å². The number of allylic oxidation sites excluding steroid dienone is 1. The van der Waals surface area contributed by atoms with E-state index in [1.165, 1.54) is 0 Å². The number of ketones is 1. The van der Waals surface area contributed by atoms with Gasteiger partial charge in [-0.05, 0) is 92.2 Å². The van der Waals surface area contributed by atoms with Crippen molar-refractivity contribution in [2.75, 3.05) is 19.1 Å². The molecule has 34 heavy (non-hydrogen) atoms. The standard InChI is InChI=1S/C29H27NO3S/c1-20-19-28(21(2)34-20)29(31)18-7-22-5-8-23(9-6-22)30(24-10-14-26(32-3)15-11-24)25-12-16-27(33-4)17-13-25/h5-19H,1-4H3/b18-7+. The van der Waals surface area contributed by atoms with Crippen LogP contribution in [0.4, 0.5) is 17.1 Å². The fourth-order valence-electron chi connectivity index (χ4n) is 3.78. The number of thiophene rings is 1. The maximum Gasteiger partial charge on any atom is 0.186 e. The second kappa shape index (κ2) is 10.4. The van der Waals surface area contributed by atoms with E-state index in [2.05, 4.69) is 17.0 Å². The summed E-state index contributed by atoms with van der Waals surface area (Å²) in [6, 6.07) is 26.0. The molecule has 0 bridgehead atoms. The van der Waals surface area contributed by atoms with Gasteiger partial charge >= 0.3 is 0 Å². The number of methoxy groups -OCH3 is 2. The molecule has 0 aliphatic carbocycles. The van der Waals surface area contributed by atoms with Crippen LogP contribution in [0.2, 0.25) is 0 Å². The van der Waals surface area contributed by atoms with E-state index < -0.39 is 0 Å². The highest BCUT2D eigenvalue weighted by Gasteiger charge is 2.13. The lowest BCUT2D eigenvalue weighted by atomic mass is 10.1. The summed E-state index contributed by atoms with van der Waals surface area (Å²) in [6.45, 7) is 4.01. The van der Waals surface area contributed by atoms with Crippen molar-refractivity contribution in [3.63, 3.8) is 0 Å². The van der Waals surface area contributed by atoms with E-state index in [0.717, 1.165) is 49.4 Å². The Kier molecular flexibility index (Phi) is 7.14. The molecule has 3 aromatic carbocycles. The number of aryl methyl sites for hydroxylation is 2. The third kappa shape index (κ3) is 5.21. The predicted molar refractivity (Wildman–Crippen MR) is 141 cm³/mol. The zero-order valence-electron chi connectivity index (χ0n) is 19.7. The number of hydrogen-bond donors (Lipinski definition) is 0. The van der Waals surface area contributed by atoms with Gasteiger partial charge in [0, 0.05) is 32.4 Å². The Labute approximate surface area is 204 Å². The van der Waals surface area contributed by atoms with Gasteiger partial charge in [-0.3, -0.25) is 4.79 Å². The van der Waals surface area contributed by atoms with Gasteiger partial charge in [0.2, 0.25) is 0 Å². The Morgan fingerprint density at radius 2 is 1.24 bits per heavy atom. The molecule has 0 amide bonds. The molecule has 1 aromatic heterocycles. The van der Waals surface area contributed by atoms with E-state index in [1.54, 1.807) is 31.6 Å². The highest BCUT2D eigenvalue weighted by atomic mass is 32.1. The molecule has 0 fully saturated rings. The van der Waals surface area contributed by atoms with Crippen LogP contribution < -0.4 is 14.4 Å². The van der Waals surface area contributed by atoms with Gasteiger partial charge < -0.3 is 14.4 Å². The molecule has 0 atom stereocenters. The van der Waals surface area contributed by atoms with Gasteiger partial charge in [0.1, 0.15) is 11.5 Å². The fraction of sp³-hybridized carbons (Fsp3) is 0.138. The molecule has 0 saturated carbocycles. The van der Waals surface area contributed by atoms with Crippen LogP contribution in [0.5, 0.6) is 11.5 Å². The smallest absolute Gasteiger partial charge is 0.186 e. The molecule has 0 aliphatic rings. The quantitative estimate of drug-likeness (QED) is 0.195. The lowest BCUT2D eigenvalue weighted by molar-refractivity contribution is 0.104. The number of ether oxygens (including phenoxy) is 2.